The molecule has 1 aromatic heterocycles. The molecule has 0 saturated heterocycles. The second-order valence-electron chi connectivity index (χ2n) is 3.34. The second kappa shape index (κ2) is 3.52. The van der Waals surface area contributed by atoms with Gasteiger partial charge in [-0.2, -0.15) is 0 Å². The van der Waals surface area contributed by atoms with Gasteiger partial charge in [0.15, 0.2) is 0 Å². The summed E-state index contributed by atoms with van der Waals surface area (Å²) in [7, 11) is 0. The largest absolute Gasteiger partial charge is 0.241 e. The van der Waals surface area contributed by atoms with Crippen LogP contribution >= 0.6 is 27.5 Å². The van der Waals surface area contributed by atoms with Crippen LogP contribution < -0.4 is 0 Å². The van der Waals surface area contributed by atoms with Crippen LogP contribution in [-0.2, 0) is 0 Å². The van der Waals surface area contributed by atoms with Gasteiger partial charge in [0.25, 0.3) is 0 Å². The van der Waals surface area contributed by atoms with Crippen LogP contribution in [0.25, 0.3) is 10.8 Å². The average molecular weight is 271 g/mol. The van der Waals surface area contributed by atoms with Gasteiger partial charge >= 0.3 is 0 Å². The molecule has 1 aromatic carbocycles. The predicted octanol–water partition coefficient (Wildman–Crippen LogP) is 4.27. The van der Waals surface area contributed by atoms with Crippen molar-refractivity contribution >= 4 is 38.3 Å². The lowest BCUT2D eigenvalue weighted by Gasteiger charge is -2.06. The van der Waals surface area contributed by atoms with Crippen LogP contribution in [0.2, 0.25) is 5.15 Å². The molecular weight excluding hydrogens is 261 g/mol. The van der Waals surface area contributed by atoms with E-state index in [1.807, 2.05) is 13.0 Å². The average Bonchev–Trinajstić information content (AvgIpc) is 2.10. The van der Waals surface area contributed by atoms with Gasteiger partial charge in [0.05, 0.1) is 0 Å². The fourth-order valence-electron chi connectivity index (χ4n) is 1.54. The van der Waals surface area contributed by atoms with E-state index in [2.05, 4.69) is 40.0 Å². The quantitative estimate of drug-likeness (QED) is 0.652. The van der Waals surface area contributed by atoms with Gasteiger partial charge in [-0.05, 0) is 36.9 Å². The van der Waals surface area contributed by atoms with Crippen molar-refractivity contribution in [1.82, 2.24) is 4.98 Å². The maximum absolute atomic E-state index is 6.10. The Balaban J connectivity index is 3.00. The van der Waals surface area contributed by atoms with E-state index in [0.29, 0.717) is 5.15 Å². The maximum atomic E-state index is 6.10. The minimum absolute atomic E-state index is 0.565. The fourth-order valence-corrected chi connectivity index (χ4v) is 2.53. The highest BCUT2D eigenvalue weighted by atomic mass is 79.9. The molecule has 0 radical (unpaired) electrons. The van der Waals surface area contributed by atoms with Gasteiger partial charge in [-0.25, -0.2) is 4.98 Å². The van der Waals surface area contributed by atoms with Gasteiger partial charge < -0.3 is 0 Å². The summed E-state index contributed by atoms with van der Waals surface area (Å²) in [6.45, 7) is 4.02. The lowest BCUT2D eigenvalue weighted by atomic mass is 10.1. The molecule has 2 rings (SSSR count). The highest BCUT2D eigenvalue weighted by Gasteiger charge is 2.07. The fraction of sp³-hybridized carbons (Fsp3) is 0.182. The van der Waals surface area contributed by atoms with Gasteiger partial charge in [-0.3, -0.25) is 0 Å². The molecule has 3 heteroatoms. The van der Waals surface area contributed by atoms with Crippen molar-refractivity contribution in [3.05, 3.63) is 39.1 Å². The molecule has 1 heterocycles. The zero-order chi connectivity index (χ0) is 10.3. The summed E-state index contributed by atoms with van der Waals surface area (Å²) >= 11 is 9.58. The molecule has 0 bridgehead atoms. The molecule has 0 N–H and O–H groups in total. The molecule has 0 atom stereocenters. The number of benzene rings is 1. The summed E-state index contributed by atoms with van der Waals surface area (Å²) in [5.41, 5.74) is 2.17. The second-order valence-corrected chi connectivity index (χ2v) is 4.55. The molecule has 2 aromatic rings. The van der Waals surface area contributed by atoms with Gasteiger partial charge in [0.1, 0.15) is 5.15 Å². The molecule has 0 unspecified atom stereocenters. The number of hydrogen-bond acceptors (Lipinski definition) is 1. The molecule has 0 aliphatic heterocycles. The number of nitrogens with zero attached hydrogens (tertiary/aromatic N) is 1. The van der Waals surface area contributed by atoms with Crippen molar-refractivity contribution in [2.45, 2.75) is 13.8 Å². The highest BCUT2D eigenvalue weighted by molar-refractivity contribution is 9.10. The van der Waals surface area contributed by atoms with Crippen LogP contribution in [0.1, 0.15) is 11.3 Å². The number of pyridine rings is 1. The molecule has 0 fully saturated rings. The molecule has 0 aliphatic rings. The SMILES string of the molecule is Cc1cc2c(C)ccc(Br)c2c(Cl)n1. The number of halogens is 2. The summed E-state index contributed by atoms with van der Waals surface area (Å²) in [5, 5.41) is 2.73. The van der Waals surface area contributed by atoms with E-state index >= 15 is 0 Å². The minimum atomic E-state index is 0.565. The lowest BCUT2D eigenvalue weighted by Crippen LogP contribution is -1.87. The van der Waals surface area contributed by atoms with Crippen molar-refractivity contribution < 1.29 is 0 Å². The van der Waals surface area contributed by atoms with E-state index in [1.54, 1.807) is 0 Å². The Kier molecular flexibility index (Phi) is 2.50. The summed E-state index contributed by atoms with van der Waals surface area (Å²) in [6, 6.07) is 6.13. The summed E-state index contributed by atoms with van der Waals surface area (Å²) in [6.07, 6.45) is 0. The zero-order valence-electron chi connectivity index (χ0n) is 7.94. The summed E-state index contributed by atoms with van der Waals surface area (Å²) in [5.74, 6) is 0. The third kappa shape index (κ3) is 1.53. The van der Waals surface area contributed by atoms with E-state index < -0.39 is 0 Å². The normalized spacial score (nSPS) is 10.9. The maximum Gasteiger partial charge on any atom is 0.138 e. The minimum Gasteiger partial charge on any atom is -0.241 e. The Hall–Kier alpha value is -0.600. The van der Waals surface area contributed by atoms with Crippen LogP contribution in [0.5, 0.6) is 0 Å². The molecular formula is C11H9BrClN. The molecule has 14 heavy (non-hydrogen) atoms. The van der Waals surface area contributed by atoms with Crippen LogP contribution in [-0.4, -0.2) is 4.98 Å². The van der Waals surface area contributed by atoms with Gasteiger partial charge in [0, 0.05) is 15.6 Å². The number of hydrogen-bond donors (Lipinski definition) is 0. The van der Waals surface area contributed by atoms with Crippen molar-refractivity contribution in [3.63, 3.8) is 0 Å². The van der Waals surface area contributed by atoms with Crippen molar-refractivity contribution in [2.75, 3.05) is 0 Å². The Labute approximate surface area is 96.2 Å². The number of rotatable bonds is 0. The van der Waals surface area contributed by atoms with Gasteiger partial charge in [0.2, 0.25) is 0 Å². The molecule has 0 spiro atoms. The number of fused-ring (bicyclic) bond motifs is 1. The van der Waals surface area contributed by atoms with Crippen molar-refractivity contribution in [3.8, 4) is 0 Å². The molecule has 72 valence electrons. The first-order chi connectivity index (χ1) is 6.59. The van der Waals surface area contributed by atoms with Crippen LogP contribution in [0, 0.1) is 13.8 Å². The summed E-state index contributed by atoms with van der Waals surface area (Å²) < 4.78 is 0.996. The van der Waals surface area contributed by atoms with Gasteiger partial charge in [-0.1, -0.05) is 33.6 Å². The van der Waals surface area contributed by atoms with Crippen LogP contribution in [0.3, 0.4) is 0 Å². The Bertz CT molecular complexity index is 508. The van der Waals surface area contributed by atoms with Crippen molar-refractivity contribution in [1.29, 1.82) is 0 Å². The number of aryl methyl sites for hydroxylation is 2. The standard InChI is InChI=1S/C11H9BrClN/c1-6-3-4-9(12)10-8(6)5-7(2)14-11(10)13/h3-5H,1-2H3. The zero-order valence-corrected chi connectivity index (χ0v) is 10.3. The Morgan fingerprint density at radius 2 is 2.00 bits per heavy atom. The van der Waals surface area contributed by atoms with Crippen LogP contribution in [0.4, 0.5) is 0 Å². The topological polar surface area (TPSA) is 12.9 Å². The molecule has 0 aliphatic carbocycles. The van der Waals surface area contributed by atoms with E-state index in [1.165, 1.54) is 5.56 Å². The van der Waals surface area contributed by atoms with E-state index in [4.69, 9.17) is 11.6 Å². The highest BCUT2D eigenvalue weighted by Crippen LogP contribution is 2.31. The monoisotopic (exact) mass is 269 g/mol. The van der Waals surface area contributed by atoms with Crippen molar-refractivity contribution in [2.24, 2.45) is 0 Å². The lowest BCUT2D eigenvalue weighted by molar-refractivity contribution is 1.22. The number of aromatic nitrogens is 1. The molecule has 1 nitrogen and oxygen atoms in total. The van der Waals surface area contributed by atoms with Gasteiger partial charge in [-0.15, -0.1) is 0 Å². The first-order valence-corrected chi connectivity index (χ1v) is 5.48. The Morgan fingerprint density at radius 1 is 1.29 bits per heavy atom. The first kappa shape index (κ1) is 9.94. The van der Waals surface area contributed by atoms with E-state index in [9.17, 15) is 0 Å². The molecule has 0 saturated carbocycles. The third-order valence-electron chi connectivity index (χ3n) is 2.25. The molecule has 0 amide bonds. The van der Waals surface area contributed by atoms with Crippen LogP contribution in [0.15, 0.2) is 22.7 Å². The van der Waals surface area contributed by atoms with E-state index in [-0.39, 0.29) is 0 Å². The third-order valence-corrected chi connectivity index (χ3v) is 3.18. The summed E-state index contributed by atoms with van der Waals surface area (Å²) in [4.78, 5) is 4.24. The van der Waals surface area contributed by atoms with E-state index in [0.717, 1.165) is 20.9 Å². The first-order valence-electron chi connectivity index (χ1n) is 4.31. The predicted molar refractivity (Wildman–Crippen MR) is 63.9 cm³/mol. The smallest absolute Gasteiger partial charge is 0.138 e. The Morgan fingerprint density at radius 3 is 2.71 bits per heavy atom.